The van der Waals surface area contributed by atoms with Gasteiger partial charge in [-0.3, -0.25) is 18.9 Å². The molecule has 1 N–H and O–H groups in total. The molecule has 1 amide bonds. The van der Waals surface area contributed by atoms with Crippen LogP contribution >= 0.6 is 24.0 Å². The van der Waals surface area contributed by atoms with Crippen molar-refractivity contribution in [2.75, 3.05) is 18.4 Å². The molecular formula is C21H20N6O2S2. The second kappa shape index (κ2) is 9.27. The second-order valence-corrected chi connectivity index (χ2v) is 8.45. The van der Waals surface area contributed by atoms with Crippen LogP contribution in [0.25, 0.3) is 11.7 Å². The minimum Gasteiger partial charge on any atom is -0.369 e. The first kappa shape index (κ1) is 21.0. The SMILES string of the molecule is C=CCN1C(=O)C(=Cc2c(NCCCn3ccnc3)nc3ccccn3c2=O)SC1=S. The molecule has 1 fully saturated rings. The maximum Gasteiger partial charge on any atom is 0.267 e. The second-order valence-electron chi connectivity index (χ2n) is 6.77. The predicted molar refractivity (Wildman–Crippen MR) is 127 cm³/mol. The van der Waals surface area contributed by atoms with Crippen LogP contribution in [-0.4, -0.2) is 47.2 Å². The quantitative estimate of drug-likeness (QED) is 0.243. The lowest BCUT2D eigenvalue weighted by Crippen LogP contribution is -2.28. The van der Waals surface area contributed by atoms with Crippen LogP contribution in [0.2, 0.25) is 0 Å². The zero-order chi connectivity index (χ0) is 21.8. The van der Waals surface area contributed by atoms with Gasteiger partial charge in [0.1, 0.15) is 15.8 Å². The summed E-state index contributed by atoms with van der Waals surface area (Å²) >= 11 is 6.47. The van der Waals surface area contributed by atoms with Crippen molar-refractivity contribution in [1.29, 1.82) is 0 Å². The van der Waals surface area contributed by atoms with E-state index < -0.39 is 0 Å². The van der Waals surface area contributed by atoms with Crippen molar-refractivity contribution in [1.82, 2.24) is 23.8 Å². The van der Waals surface area contributed by atoms with Crippen molar-refractivity contribution >= 4 is 51.7 Å². The van der Waals surface area contributed by atoms with E-state index in [4.69, 9.17) is 12.2 Å². The number of carbonyl (C=O) groups excluding carboxylic acids is 1. The number of anilines is 1. The molecule has 1 aliphatic rings. The van der Waals surface area contributed by atoms with Crippen molar-refractivity contribution in [2.45, 2.75) is 13.0 Å². The molecule has 0 radical (unpaired) electrons. The molecule has 1 aliphatic heterocycles. The van der Waals surface area contributed by atoms with E-state index in [1.54, 1.807) is 43.0 Å². The Bertz CT molecular complexity index is 1230. The van der Waals surface area contributed by atoms with Crippen molar-refractivity contribution in [3.8, 4) is 0 Å². The fourth-order valence-electron chi connectivity index (χ4n) is 3.17. The summed E-state index contributed by atoms with van der Waals surface area (Å²) in [7, 11) is 0. The minimum absolute atomic E-state index is 0.237. The molecule has 0 spiro atoms. The van der Waals surface area contributed by atoms with Crippen molar-refractivity contribution in [3.05, 3.63) is 76.6 Å². The van der Waals surface area contributed by atoms with Gasteiger partial charge in [0, 0.05) is 38.2 Å². The fraction of sp³-hybridized carbons (Fsp3) is 0.190. The van der Waals surface area contributed by atoms with Crippen LogP contribution in [0.3, 0.4) is 0 Å². The number of nitrogens with zero attached hydrogens (tertiary/aromatic N) is 5. The Morgan fingerprint density at radius 1 is 1.26 bits per heavy atom. The Balaban J connectivity index is 1.66. The van der Waals surface area contributed by atoms with Gasteiger partial charge in [0.15, 0.2) is 0 Å². The Hall–Kier alpha value is -3.24. The number of aromatic nitrogens is 4. The van der Waals surface area contributed by atoms with Crippen LogP contribution in [0.5, 0.6) is 0 Å². The fourth-order valence-corrected chi connectivity index (χ4v) is 4.43. The Kier molecular flexibility index (Phi) is 6.28. The van der Waals surface area contributed by atoms with Gasteiger partial charge in [0.25, 0.3) is 11.5 Å². The first-order valence-electron chi connectivity index (χ1n) is 9.66. The summed E-state index contributed by atoms with van der Waals surface area (Å²) in [5.74, 6) is 0.203. The Labute approximate surface area is 188 Å². The molecule has 158 valence electrons. The number of imidazole rings is 1. The Morgan fingerprint density at radius 2 is 2.13 bits per heavy atom. The number of aryl methyl sites for hydroxylation is 1. The number of hydrogen-bond acceptors (Lipinski definition) is 7. The highest BCUT2D eigenvalue weighted by Crippen LogP contribution is 2.32. The number of pyridine rings is 1. The van der Waals surface area contributed by atoms with Gasteiger partial charge in [-0.05, 0) is 24.6 Å². The number of fused-ring (bicyclic) bond motifs is 1. The molecule has 0 bridgehead atoms. The van der Waals surface area contributed by atoms with Gasteiger partial charge in [-0.25, -0.2) is 9.97 Å². The molecule has 0 aromatic carbocycles. The largest absolute Gasteiger partial charge is 0.369 e. The number of nitrogens with one attached hydrogen (secondary N) is 1. The monoisotopic (exact) mass is 452 g/mol. The summed E-state index contributed by atoms with van der Waals surface area (Å²) < 4.78 is 3.89. The standard InChI is InChI=1S/C21H20N6O2S2/c1-2-9-27-20(29)16(31-21(27)30)13-15-18(23-7-5-10-25-12-8-22-14-25)24-17-6-3-4-11-26(17)19(15)28/h2-4,6,8,11-14,23H,1,5,7,9-10H2. The summed E-state index contributed by atoms with van der Waals surface area (Å²) in [6.07, 6.45) is 11.1. The van der Waals surface area contributed by atoms with Gasteiger partial charge in [-0.2, -0.15) is 0 Å². The molecule has 3 aromatic rings. The minimum atomic E-state index is -0.253. The zero-order valence-corrected chi connectivity index (χ0v) is 18.2. The van der Waals surface area contributed by atoms with Crippen LogP contribution in [0, 0.1) is 0 Å². The first-order valence-corrected chi connectivity index (χ1v) is 10.9. The van der Waals surface area contributed by atoms with Crippen LogP contribution in [-0.2, 0) is 11.3 Å². The van der Waals surface area contributed by atoms with E-state index in [2.05, 4.69) is 21.9 Å². The molecule has 4 rings (SSSR count). The van der Waals surface area contributed by atoms with Crippen LogP contribution in [0.4, 0.5) is 5.82 Å². The lowest BCUT2D eigenvalue weighted by Gasteiger charge is -2.12. The molecule has 1 saturated heterocycles. The van der Waals surface area contributed by atoms with E-state index in [1.807, 2.05) is 16.8 Å². The third-order valence-electron chi connectivity index (χ3n) is 4.67. The lowest BCUT2D eigenvalue weighted by molar-refractivity contribution is -0.121. The summed E-state index contributed by atoms with van der Waals surface area (Å²) in [5.41, 5.74) is 0.600. The van der Waals surface area contributed by atoms with E-state index in [0.717, 1.165) is 13.0 Å². The highest BCUT2D eigenvalue weighted by atomic mass is 32.2. The molecule has 0 unspecified atom stereocenters. The average Bonchev–Trinajstić information content (AvgIpc) is 3.38. The van der Waals surface area contributed by atoms with Gasteiger partial charge >= 0.3 is 0 Å². The van der Waals surface area contributed by atoms with E-state index >= 15 is 0 Å². The summed E-state index contributed by atoms with van der Waals surface area (Å²) in [6.45, 7) is 5.38. The molecule has 0 atom stereocenters. The number of hydrogen-bond donors (Lipinski definition) is 1. The van der Waals surface area contributed by atoms with Crippen LogP contribution < -0.4 is 10.9 Å². The summed E-state index contributed by atoms with van der Waals surface area (Å²) in [6, 6.07) is 5.36. The van der Waals surface area contributed by atoms with Crippen LogP contribution in [0.1, 0.15) is 12.0 Å². The van der Waals surface area contributed by atoms with Crippen molar-refractivity contribution in [2.24, 2.45) is 0 Å². The Morgan fingerprint density at radius 3 is 2.90 bits per heavy atom. The van der Waals surface area contributed by atoms with Gasteiger partial charge in [0.05, 0.1) is 16.8 Å². The zero-order valence-electron chi connectivity index (χ0n) is 16.6. The molecule has 10 heteroatoms. The van der Waals surface area contributed by atoms with E-state index in [-0.39, 0.29) is 11.5 Å². The molecule has 0 aliphatic carbocycles. The maximum absolute atomic E-state index is 13.2. The number of carbonyl (C=O) groups is 1. The van der Waals surface area contributed by atoms with Gasteiger partial charge in [-0.15, -0.1) is 6.58 Å². The lowest BCUT2D eigenvalue weighted by atomic mass is 10.2. The third-order valence-corrected chi connectivity index (χ3v) is 6.05. The normalized spacial score (nSPS) is 15.2. The highest BCUT2D eigenvalue weighted by molar-refractivity contribution is 8.26. The van der Waals surface area contributed by atoms with Gasteiger partial charge in [-0.1, -0.05) is 36.1 Å². The smallest absolute Gasteiger partial charge is 0.267 e. The molecule has 4 heterocycles. The topological polar surface area (TPSA) is 84.5 Å². The van der Waals surface area contributed by atoms with E-state index in [0.29, 0.717) is 39.3 Å². The van der Waals surface area contributed by atoms with Gasteiger partial charge < -0.3 is 9.88 Å². The third kappa shape index (κ3) is 4.44. The number of rotatable bonds is 8. The maximum atomic E-state index is 13.2. The molecule has 3 aromatic heterocycles. The van der Waals surface area contributed by atoms with Gasteiger partial charge in [0.2, 0.25) is 0 Å². The highest BCUT2D eigenvalue weighted by Gasteiger charge is 2.31. The summed E-state index contributed by atoms with van der Waals surface area (Å²) in [4.78, 5) is 36.4. The number of thioether (sulfide) groups is 1. The van der Waals surface area contributed by atoms with E-state index in [9.17, 15) is 9.59 Å². The molecule has 31 heavy (non-hydrogen) atoms. The van der Waals surface area contributed by atoms with E-state index in [1.165, 1.54) is 21.1 Å². The molecule has 0 saturated carbocycles. The average molecular weight is 453 g/mol. The molecule has 8 nitrogen and oxygen atoms in total. The number of amides is 1. The van der Waals surface area contributed by atoms with Crippen molar-refractivity contribution in [3.63, 3.8) is 0 Å². The number of thiocarbonyl (C=S) groups is 1. The first-order chi connectivity index (χ1) is 15.1. The van der Waals surface area contributed by atoms with Crippen molar-refractivity contribution < 1.29 is 4.79 Å². The van der Waals surface area contributed by atoms with Crippen LogP contribution in [0.15, 0.2) is 65.5 Å². The summed E-state index contributed by atoms with van der Waals surface area (Å²) in [5, 5.41) is 3.26. The predicted octanol–water partition coefficient (Wildman–Crippen LogP) is 2.78. The molecular weight excluding hydrogens is 432 g/mol.